The first kappa shape index (κ1) is 31.5. The molecule has 0 aliphatic carbocycles. The fraction of sp³-hybridized carbons (Fsp3) is 0.263. The van der Waals surface area contributed by atoms with Crippen molar-refractivity contribution >= 4 is 12.0 Å². The molecule has 0 bridgehead atoms. The predicted molar refractivity (Wildman–Crippen MR) is 181 cm³/mol. The Kier molecular flexibility index (Phi) is 9.06. The zero-order valence-electron chi connectivity index (χ0n) is 26.9. The highest BCUT2D eigenvalue weighted by atomic mass is 16.5. The second kappa shape index (κ2) is 13.5. The molecule has 9 nitrogen and oxygen atoms in total. The molecule has 0 saturated carbocycles. The van der Waals surface area contributed by atoms with Crippen molar-refractivity contribution in [3.63, 3.8) is 0 Å². The van der Waals surface area contributed by atoms with Crippen LogP contribution in [0, 0.1) is 5.41 Å². The minimum Gasteiger partial charge on any atom is -0.489 e. The summed E-state index contributed by atoms with van der Waals surface area (Å²) in [5.74, 6) is 0.376. The summed E-state index contributed by atoms with van der Waals surface area (Å²) in [5, 5.41) is 19.3. The van der Waals surface area contributed by atoms with Crippen molar-refractivity contribution in [1.82, 2.24) is 24.8 Å². The van der Waals surface area contributed by atoms with E-state index >= 15 is 0 Å². The summed E-state index contributed by atoms with van der Waals surface area (Å²) in [6.07, 6.45) is -0.492. The maximum absolute atomic E-state index is 14.7. The Bertz CT molecular complexity index is 1820. The van der Waals surface area contributed by atoms with Crippen LogP contribution in [0.4, 0.5) is 4.79 Å². The Morgan fingerprint density at radius 3 is 2.06 bits per heavy atom. The zero-order chi connectivity index (χ0) is 33.0. The molecular formula is C38H39N5O4. The highest BCUT2D eigenvalue weighted by Crippen LogP contribution is 2.36. The van der Waals surface area contributed by atoms with E-state index in [0.717, 1.165) is 16.7 Å². The van der Waals surface area contributed by atoms with Crippen LogP contribution in [0.15, 0.2) is 115 Å². The first-order chi connectivity index (χ1) is 22.7. The largest absolute Gasteiger partial charge is 0.489 e. The number of carbonyl (C=O) groups is 2. The van der Waals surface area contributed by atoms with E-state index in [1.807, 2.05) is 141 Å². The van der Waals surface area contributed by atoms with Gasteiger partial charge in [-0.25, -0.2) is 9.48 Å². The average Bonchev–Trinajstić information content (AvgIpc) is 3.53. The van der Waals surface area contributed by atoms with Gasteiger partial charge >= 0.3 is 6.09 Å². The molecule has 1 aromatic heterocycles. The summed E-state index contributed by atoms with van der Waals surface area (Å²) in [5.41, 5.74) is 3.88. The Balaban J connectivity index is 1.40. The molecule has 1 saturated heterocycles. The van der Waals surface area contributed by atoms with Gasteiger partial charge in [-0.1, -0.05) is 123 Å². The van der Waals surface area contributed by atoms with Crippen LogP contribution in [0.2, 0.25) is 0 Å². The van der Waals surface area contributed by atoms with Gasteiger partial charge in [0.1, 0.15) is 18.1 Å². The summed E-state index contributed by atoms with van der Waals surface area (Å²) in [7, 11) is 0. The molecular weight excluding hydrogens is 590 g/mol. The number of benzene rings is 4. The second-order valence-electron chi connectivity index (χ2n) is 12.9. The summed E-state index contributed by atoms with van der Waals surface area (Å²) >= 11 is 0. The van der Waals surface area contributed by atoms with Gasteiger partial charge in [0.25, 0.3) is 5.91 Å². The van der Waals surface area contributed by atoms with Gasteiger partial charge in [0.15, 0.2) is 5.69 Å². The van der Waals surface area contributed by atoms with E-state index < -0.39 is 23.6 Å². The van der Waals surface area contributed by atoms with Gasteiger partial charge in [0.05, 0.1) is 17.8 Å². The molecule has 0 spiro atoms. The number of rotatable bonds is 8. The first-order valence-corrected chi connectivity index (χ1v) is 15.8. The van der Waals surface area contributed by atoms with Crippen molar-refractivity contribution in [2.24, 2.45) is 5.41 Å². The SMILES string of the molecule is CC(C)(C)C1C(Cc2ccccc2)N(C(=O)c2nnn(-c3cccc(OCc4ccccc4)c3)c2-c2ccccc2)CCN1C(=O)O. The van der Waals surface area contributed by atoms with Crippen molar-refractivity contribution < 1.29 is 19.4 Å². The fourth-order valence-electron chi connectivity index (χ4n) is 6.53. The molecule has 4 aromatic carbocycles. The van der Waals surface area contributed by atoms with Gasteiger partial charge in [-0.3, -0.25) is 4.79 Å². The number of carbonyl (C=O) groups excluding carboxylic acids is 1. The van der Waals surface area contributed by atoms with Gasteiger partial charge in [0, 0.05) is 24.7 Å². The van der Waals surface area contributed by atoms with Crippen LogP contribution >= 0.6 is 0 Å². The maximum Gasteiger partial charge on any atom is 0.407 e. The number of hydrogen-bond acceptors (Lipinski definition) is 5. The molecule has 240 valence electrons. The summed E-state index contributed by atoms with van der Waals surface area (Å²) in [6, 6.07) is 36.2. The Morgan fingerprint density at radius 1 is 0.809 bits per heavy atom. The smallest absolute Gasteiger partial charge is 0.407 e. The lowest BCUT2D eigenvalue weighted by atomic mass is 9.77. The van der Waals surface area contributed by atoms with Crippen molar-refractivity contribution in [3.05, 3.63) is 132 Å². The molecule has 47 heavy (non-hydrogen) atoms. The van der Waals surface area contributed by atoms with Gasteiger partial charge in [-0.05, 0) is 35.1 Å². The van der Waals surface area contributed by atoms with E-state index in [0.29, 0.717) is 30.2 Å². The summed E-state index contributed by atoms with van der Waals surface area (Å²) < 4.78 is 7.78. The van der Waals surface area contributed by atoms with E-state index in [1.165, 1.54) is 4.90 Å². The molecule has 2 heterocycles. The number of carboxylic acid groups (broad SMARTS) is 1. The van der Waals surface area contributed by atoms with E-state index in [9.17, 15) is 14.7 Å². The number of aromatic nitrogens is 3. The van der Waals surface area contributed by atoms with E-state index in [2.05, 4.69) is 10.3 Å². The molecule has 2 atom stereocenters. The topological polar surface area (TPSA) is 101 Å². The van der Waals surface area contributed by atoms with Crippen molar-refractivity contribution in [1.29, 1.82) is 0 Å². The molecule has 1 N–H and O–H groups in total. The average molecular weight is 630 g/mol. The highest BCUT2D eigenvalue weighted by molar-refractivity contribution is 5.98. The Labute approximate surface area is 275 Å². The quantitative estimate of drug-likeness (QED) is 0.199. The lowest BCUT2D eigenvalue weighted by molar-refractivity contribution is -0.0146. The van der Waals surface area contributed by atoms with Crippen LogP contribution in [0.25, 0.3) is 16.9 Å². The van der Waals surface area contributed by atoms with E-state index in [4.69, 9.17) is 4.74 Å². The monoisotopic (exact) mass is 629 g/mol. The summed E-state index contributed by atoms with van der Waals surface area (Å²) in [6.45, 7) is 6.92. The number of hydrogen-bond donors (Lipinski definition) is 1. The van der Waals surface area contributed by atoms with Gasteiger partial charge in [-0.2, -0.15) is 0 Å². The minimum atomic E-state index is -0.986. The van der Waals surface area contributed by atoms with Crippen LogP contribution in [0.3, 0.4) is 0 Å². The molecule has 2 unspecified atom stereocenters. The van der Waals surface area contributed by atoms with Crippen LogP contribution in [-0.4, -0.2) is 67.1 Å². The molecule has 6 rings (SSSR count). The predicted octanol–water partition coefficient (Wildman–Crippen LogP) is 6.98. The summed E-state index contributed by atoms with van der Waals surface area (Å²) in [4.78, 5) is 30.5. The first-order valence-electron chi connectivity index (χ1n) is 15.8. The third-order valence-electron chi connectivity index (χ3n) is 8.59. The van der Waals surface area contributed by atoms with Crippen LogP contribution in [0.1, 0.15) is 42.4 Å². The van der Waals surface area contributed by atoms with E-state index in [-0.39, 0.29) is 24.7 Å². The van der Waals surface area contributed by atoms with Crippen LogP contribution < -0.4 is 4.74 Å². The normalized spacial score (nSPS) is 16.6. The minimum absolute atomic E-state index is 0.198. The number of amides is 2. The van der Waals surface area contributed by atoms with Crippen molar-refractivity contribution in [3.8, 4) is 22.7 Å². The Hall–Kier alpha value is -5.44. The molecule has 5 aromatic rings. The highest BCUT2D eigenvalue weighted by Gasteiger charge is 2.47. The van der Waals surface area contributed by atoms with Gasteiger partial charge < -0.3 is 19.6 Å². The fourth-order valence-corrected chi connectivity index (χ4v) is 6.53. The molecule has 2 amide bonds. The van der Waals surface area contributed by atoms with Crippen LogP contribution in [0.5, 0.6) is 5.75 Å². The van der Waals surface area contributed by atoms with Crippen molar-refractivity contribution in [2.45, 2.75) is 45.9 Å². The van der Waals surface area contributed by atoms with Crippen LogP contribution in [-0.2, 0) is 13.0 Å². The molecule has 9 heteroatoms. The standard InChI is InChI=1S/C38H39N5O4/c1-38(2,3)35-32(24-27-14-7-4-8-15-27)41(22-23-42(35)37(45)46)36(44)33-34(29-18-11-6-12-19-29)43(40-39-33)30-20-13-21-31(25-30)47-26-28-16-9-5-10-17-28/h4-21,25,32,35H,22-24,26H2,1-3H3,(H,45,46). The zero-order valence-corrected chi connectivity index (χ0v) is 26.9. The second-order valence-corrected chi connectivity index (χ2v) is 12.9. The van der Waals surface area contributed by atoms with Crippen molar-refractivity contribution in [2.75, 3.05) is 13.1 Å². The lowest BCUT2D eigenvalue weighted by Gasteiger charge is -2.51. The third kappa shape index (κ3) is 6.89. The molecule has 0 radical (unpaired) electrons. The Morgan fingerprint density at radius 2 is 1.43 bits per heavy atom. The number of nitrogens with zero attached hydrogens (tertiary/aromatic N) is 5. The molecule has 1 aliphatic heterocycles. The molecule has 1 aliphatic rings. The third-order valence-corrected chi connectivity index (χ3v) is 8.59. The van der Waals surface area contributed by atoms with E-state index in [1.54, 1.807) is 4.68 Å². The maximum atomic E-state index is 14.7. The van der Waals surface area contributed by atoms with Gasteiger partial charge in [0.2, 0.25) is 0 Å². The number of piperazine rings is 1. The number of ether oxygens (including phenoxy) is 1. The molecule has 1 fully saturated rings. The van der Waals surface area contributed by atoms with Gasteiger partial charge in [-0.15, -0.1) is 5.10 Å². The lowest BCUT2D eigenvalue weighted by Crippen LogP contribution is -2.66.